The summed E-state index contributed by atoms with van der Waals surface area (Å²) in [5.41, 5.74) is 0.906. The number of hydrogen-bond donors (Lipinski definition) is 0. The number of nitrogens with zero attached hydrogens (tertiary/aromatic N) is 2. The lowest BCUT2D eigenvalue weighted by atomic mass is 10.2. The van der Waals surface area contributed by atoms with Crippen molar-refractivity contribution < 1.29 is 4.42 Å². The fourth-order valence-electron chi connectivity index (χ4n) is 1.09. The lowest BCUT2D eigenvalue weighted by Gasteiger charge is -1.93. The number of hydrogen-bond acceptors (Lipinski definition) is 3. The molecule has 0 bridgehead atoms. The van der Waals surface area contributed by atoms with E-state index in [1.807, 2.05) is 30.3 Å². The topological polar surface area (TPSA) is 38.9 Å². The fourth-order valence-corrected chi connectivity index (χ4v) is 1.18. The van der Waals surface area contributed by atoms with E-state index in [0.29, 0.717) is 11.8 Å². The number of benzene rings is 1. The first-order valence-corrected chi connectivity index (χ1v) is 4.74. The van der Waals surface area contributed by atoms with E-state index >= 15 is 0 Å². The SMILES string of the molecule is CC(Cl)c1nnc(-c2ccccc2)o1. The van der Waals surface area contributed by atoms with Crippen LogP contribution in [0.5, 0.6) is 0 Å². The van der Waals surface area contributed by atoms with E-state index in [9.17, 15) is 0 Å². The molecule has 0 saturated heterocycles. The molecule has 1 aromatic carbocycles. The Morgan fingerprint density at radius 3 is 2.50 bits per heavy atom. The maximum atomic E-state index is 5.81. The lowest BCUT2D eigenvalue weighted by Crippen LogP contribution is -1.81. The lowest BCUT2D eigenvalue weighted by molar-refractivity contribution is 0.507. The van der Waals surface area contributed by atoms with Crippen LogP contribution in [-0.4, -0.2) is 10.2 Å². The zero-order chi connectivity index (χ0) is 9.97. The summed E-state index contributed by atoms with van der Waals surface area (Å²) in [6.07, 6.45) is 0. The Morgan fingerprint density at radius 2 is 1.93 bits per heavy atom. The Hall–Kier alpha value is -1.35. The van der Waals surface area contributed by atoms with Crippen LogP contribution in [0.3, 0.4) is 0 Å². The van der Waals surface area contributed by atoms with Crippen LogP contribution in [0.15, 0.2) is 34.7 Å². The predicted octanol–water partition coefficient (Wildman–Crippen LogP) is 3.04. The average molecular weight is 209 g/mol. The molecule has 3 nitrogen and oxygen atoms in total. The first kappa shape index (κ1) is 9.21. The minimum Gasteiger partial charge on any atom is -0.419 e. The van der Waals surface area contributed by atoms with Crippen LogP contribution in [0.1, 0.15) is 18.2 Å². The van der Waals surface area contributed by atoms with Gasteiger partial charge < -0.3 is 4.42 Å². The van der Waals surface area contributed by atoms with E-state index in [1.54, 1.807) is 6.92 Å². The summed E-state index contributed by atoms with van der Waals surface area (Å²) in [6.45, 7) is 1.80. The van der Waals surface area contributed by atoms with Crippen molar-refractivity contribution >= 4 is 11.6 Å². The third-order valence-corrected chi connectivity index (χ3v) is 1.99. The first-order valence-electron chi connectivity index (χ1n) is 4.30. The molecule has 1 unspecified atom stereocenters. The van der Waals surface area contributed by atoms with Gasteiger partial charge in [0.15, 0.2) is 0 Å². The Labute approximate surface area is 86.7 Å². The van der Waals surface area contributed by atoms with Crippen molar-refractivity contribution in [1.29, 1.82) is 0 Å². The van der Waals surface area contributed by atoms with Crippen LogP contribution in [0, 0.1) is 0 Å². The van der Waals surface area contributed by atoms with Crippen molar-refractivity contribution in [3.05, 3.63) is 36.2 Å². The van der Waals surface area contributed by atoms with Crippen molar-refractivity contribution in [3.8, 4) is 11.5 Å². The van der Waals surface area contributed by atoms with Gasteiger partial charge in [-0.15, -0.1) is 21.8 Å². The molecular weight excluding hydrogens is 200 g/mol. The molecule has 0 fully saturated rings. The maximum Gasteiger partial charge on any atom is 0.247 e. The summed E-state index contributed by atoms with van der Waals surface area (Å²) in [6, 6.07) is 9.60. The van der Waals surface area contributed by atoms with Gasteiger partial charge in [0, 0.05) is 5.56 Å². The van der Waals surface area contributed by atoms with Gasteiger partial charge >= 0.3 is 0 Å². The molecule has 0 amide bonds. The Morgan fingerprint density at radius 1 is 1.21 bits per heavy atom. The molecule has 4 heteroatoms. The number of halogens is 1. The molecule has 72 valence electrons. The van der Waals surface area contributed by atoms with E-state index < -0.39 is 0 Å². The largest absolute Gasteiger partial charge is 0.419 e. The van der Waals surface area contributed by atoms with Gasteiger partial charge in [-0.2, -0.15) is 0 Å². The molecule has 0 N–H and O–H groups in total. The quantitative estimate of drug-likeness (QED) is 0.712. The summed E-state index contributed by atoms with van der Waals surface area (Å²) in [7, 11) is 0. The smallest absolute Gasteiger partial charge is 0.247 e. The molecule has 0 aliphatic carbocycles. The van der Waals surface area contributed by atoms with Gasteiger partial charge in [0.25, 0.3) is 0 Å². The summed E-state index contributed by atoms with van der Waals surface area (Å²) >= 11 is 5.81. The van der Waals surface area contributed by atoms with Crippen molar-refractivity contribution in [2.24, 2.45) is 0 Å². The van der Waals surface area contributed by atoms with Crippen LogP contribution in [0.25, 0.3) is 11.5 Å². The summed E-state index contributed by atoms with van der Waals surface area (Å²) in [5.74, 6) is 0.957. The third-order valence-electron chi connectivity index (χ3n) is 1.80. The van der Waals surface area contributed by atoms with Crippen LogP contribution in [0.4, 0.5) is 0 Å². The number of alkyl halides is 1. The fraction of sp³-hybridized carbons (Fsp3) is 0.200. The summed E-state index contributed by atoms with van der Waals surface area (Å²) in [5, 5.41) is 7.50. The van der Waals surface area contributed by atoms with Crippen LogP contribution in [-0.2, 0) is 0 Å². The van der Waals surface area contributed by atoms with E-state index in [-0.39, 0.29) is 5.38 Å². The zero-order valence-electron chi connectivity index (χ0n) is 7.64. The Balaban J connectivity index is 2.34. The van der Waals surface area contributed by atoms with E-state index in [1.165, 1.54) is 0 Å². The predicted molar refractivity (Wildman–Crippen MR) is 54.0 cm³/mol. The van der Waals surface area contributed by atoms with Crippen molar-refractivity contribution in [2.45, 2.75) is 12.3 Å². The van der Waals surface area contributed by atoms with Gasteiger partial charge in [-0.1, -0.05) is 18.2 Å². The molecular formula is C10H9ClN2O. The Kier molecular flexibility index (Phi) is 2.50. The highest BCUT2D eigenvalue weighted by molar-refractivity contribution is 6.20. The Bertz CT molecular complexity index is 411. The maximum absolute atomic E-state index is 5.81. The monoisotopic (exact) mass is 208 g/mol. The molecule has 1 aromatic heterocycles. The average Bonchev–Trinajstić information content (AvgIpc) is 2.68. The minimum absolute atomic E-state index is 0.250. The van der Waals surface area contributed by atoms with Crippen LogP contribution >= 0.6 is 11.6 Å². The second kappa shape index (κ2) is 3.80. The van der Waals surface area contributed by atoms with Gasteiger partial charge in [0.05, 0.1) is 0 Å². The molecule has 0 aliphatic heterocycles. The molecule has 2 aromatic rings. The molecule has 0 saturated carbocycles. The van der Waals surface area contributed by atoms with Crippen molar-refractivity contribution in [2.75, 3.05) is 0 Å². The van der Waals surface area contributed by atoms with Gasteiger partial charge in [-0.05, 0) is 19.1 Å². The molecule has 14 heavy (non-hydrogen) atoms. The molecule has 0 radical (unpaired) electrons. The van der Waals surface area contributed by atoms with Crippen molar-refractivity contribution in [3.63, 3.8) is 0 Å². The van der Waals surface area contributed by atoms with E-state index in [0.717, 1.165) is 5.56 Å². The first-order chi connectivity index (χ1) is 6.77. The molecule has 1 heterocycles. The summed E-state index contributed by atoms with van der Waals surface area (Å²) in [4.78, 5) is 0. The van der Waals surface area contributed by atoms with Gasteiger partial charge in [-0.3, -0.25) is 0 Å². The molecule has 0 spiro atoms. The second-order valence-electron chi connectivity index (χ2n) is 2.93. The normalized spacial score (nSPS) is 12.7. The second-order valence-corrected chi connectivity index (χ2v) is 3.58. The van der Waals surface area contributed by atoms with Crippen LogP contribution in [0.2, 0.25) is 0 Å². The van der Waals surface area contributed by atoms with E-state index in [2.05, 4.69) is 10.2 Å². The molecule has 2 rings (SSSR count). The number of rotatable bonds is 2. The standard InChI is InChI=1S/C10H9ClN2O/c1-7(11)9-12-13-10(14-9)8-5-3-2-4-6-8/h2-7H,1H3. The highest BCUT2D eigenvalue weighted by Crippen LogP contribution is 2.22. The van der Waals surface area contributed by atoms with E-state index in [4.69, 9.17) is 16.0 Å². The third kappa shape index (κ3) is 1.77. The van der Waals surface area contributed by atoms with Gasteiger partial charge in [0.1, 0.15) is 5.38 Å². The molecule has 1 atom stereocenters. The van der Waals surface area contributed by atoms with Gasteiger partial charge in [0.2, 0.25) is 11.8 Å². The van der Waals surface area contributed by atoms with Crippen LogP contribution < -0.4 is 0 Å². The number of aromatic nitrogens is 2. The minimum atomic E-state index is -0.250. The highest BCUT2D eigenvalue weighted by Gasteiger charge is 2.11. The zero-order valence-corrected chi connectivity index (χ0v) is 8.40. The van der Waals surface area contributed by atoms with Crippen molar-refractivity contribution in [1.82, 2.24) is 10.2 Å². The molecule has 0 aliphatic rings. The highest BCUT2D eigenvalue weighted by atomic mass is 35.5. The summed E-state index contributed by atoms with van der Waals surface area (Å²) < 4.78 is 5.38. The van der Waals surface area contributed by atoms with Gasteiger partial charge in [-0.25, -0.2) is 0 Å².